The van der Waals surface area contributed by atoms with Crippen LogP contribution in [-0.4, -0.2) is 22.2 Å². The summed E-state index contributed by atoms with van der Waals surface area (Å²) < 4.78 is 40.2. The zero-order valence-electron chi connectivity index (χ0n) is 11.5. The number of halogens is 4. The van der Waals surface area contributed by atoms with Gasteiger partial charge in [-0.1, -0.05) is 11.6 Å². The number of amides is 1. The number of carbonyl (C=O) groups is 1. The Hall–Kier alpha value is -2.88. The summed E-state index contributed by atoms with van der Waals surface area (Å²) in [5.74, 6) is -1.66. The molecule has 0 aliphatic heterocycles. The molecule has 126 valence electrons. The first-order chi connectivity index (χ1) is 11.2. The van der Waals surface area contributed by atoms with Gasteiger partial charge in [0.25, 0.3) is 5.91 Å². The molecule has 0 radical (unpaired) electrons. The maximum absolute atomic E-state index is 12.2. The maximum atomic E-state index is 12.2. The fourth-order valence-electron chi connectivity index (χ4n) is 1.66. The van der Waals surface area contributed by atoms with Gasteiger partial charge in [-0.15, -0.1) is 13.2 Å². The Morgan fingerprint density at radius 3 is 2.54 bits per heavy atom. The summed E-state index contributed by atoms with van der Waals surface area (Å²) in [5.41, 5.74) is -0.923. The number of rotatable bonds is 4. The highest BCUT2D eigenvalue weighted by atomic mass is 35.5. The lowest BCUT2D eigenvalue weighted by Crippen LogP contribution is -2.18. The van der Waals surface area contributed by atoms with Crippen LogP contribution in [0.5, 0.6) is 5.75 Å². The smallest absolute Gasteiger partial charge is 0.398 e. The molecule has 0 bridgehead atoms. The molecule has 0 saturated heterocycles. The summed E-state index contributed by atoms with van der Waals surface area (Å²) >= 11 is 5.58. The summed E-state index contributed by atoms with van der Waals surface area (Å²) in [4.78, 5) is 25.5. The molecule has 1 N–H and O–H groups in total. The SMILES string of the molecule is O=C(Nc1ccc(OC(F)(F)F)c([N+](=O)[O-])c1)c1ccc(Cl)nc1. The van der Waals surface area contributed by atoms with Gasteiger partial charge in [0.1, 0.15) is 5.15 Å². The van der Waals surface area contributed by atoms with E-state index in [0.29, 0.717) is 0 Å². The van der Waals surface area contributed by atoms with Gasteiger partial charge in [0, 0.05) is 18.0 Å². The Morgan fingerprint density at radius 2 is 2.00 bits per heavy atom. The highest BCUT2D eigenvalue weighted by Crippen LogP contribution is 2.34. The van der Waals surface area contributed by atoms with E-state index in [1.54, 1.807) is 0 Å². The van der Waals surface area contributed by atoms with E-state index in [1.165, 1.54) is 18.3 Å². The van der Waals surface area contributed by atoms with Gasteiger partial charge in [0.2, 0.25) is 5.75 Å². The zero-order valence-corrected chi connectivity index (χ0v) is 12.3. The quantitative estimate of drug-likeness (QED) is 0.508. The van der Waals surface area contributed by atoms with Gasteiger partial charge in [-0.05, 0) is 24.3 Å². The number of hydrogen-bond donors (Lipinski definition) is 1. The van der Waals surface area contributed by atoms with E-state index in [9.17, 15) is 28.1 Å². The van der Waals surface area contributed by atoms with Crippen molar-refractivity contribution in [3.8, 4) is 5.75 Å². The molecule has 1 aromatic carbocycles. The Labute approximate surface area is 137 Å². The maximum Gasteiger partial charge on any atom is 0.573 e. The molecule has 2 aromatic rings. The van der Waals surface area contributed by atoms with E-state index < -0.39 is 28.6 Å². The van der Waals surface area contributed by atoms with Gasteiger partial charge in [0.05, 0.1) is 10.5 Å². The van der Waals surface area contributed by atoms with Crippen LogP contribution in [-0.2, 0) is 0 Å². The van der Waals surface area contributed by atoms with Crippen LogP contribution in [0, 0.1) is 10.1 Å². The standard InChI is InChI=1S/C13H7ClF3N3O4/c14-11-4-1-7(6-18-11)12(21)19-8-2-3-10(24-13(15,16)17)9(5-8)20(22)23/h1-6H,(H,19,21). The number of benzene rings is 1. The number of nitrogens with zero attached hydrogens (tertiary/aromatic N) is 2. The molecule has 0 atom stereocenters. The van der Waals surface area contributed by atoms with Crippen LogP contribution < -0.4 is 10.1 Å². The molecule has 11 heteroatoms. The number of carbonyl (C=O) groups excluding carboxylic acids is 1. The molecule has 1 amide bonds. The molecule has 1 aromatic heterocycles. The fourth-order valence-corrected chi connectivity index (χ4v) is 1.77. The van der Waals surface area contributed by atoms with Crippen LogP contribution in [0.25, 0.3) is 0 Å². The van der Waals surface area contributed by atoms with E-state index in [4.69, 9.17) is 11.6 Å². The lowest BCUT2D eigenvalue weighted by atomic mass is 10.2. The largest absolute Gasteiger partial charge is 0.573 e. The van der Waals surface area contributed by atoms with Crippen LogP contribution in [0.4, 0.5) is 24.5 Å². The number of hydrogen-bond acceptors (Lipinski definition) is 5. The predicted molar refractivity (Wildman–Crippen MR) is 77.0 cm³/mol. The Balaban J connectivity index is 2.25. The lowest BCUT2D eigenvalue weighted by molar-refractivity contribution is -0.388. The summed E-state index contributed by atoms with van der Waals surface area (Å²) in [6, 6.07) is 5.25. The van der Waals surface area contributed by atoms with Crippen molar-refractivity contribution in [2.45, 2.75) is 6.36 Å². The molecular weight excluding hydrogens is 355 g/mol. The molecular formula is C13H7ClF3N3O4. The highest BCUT2D eigenvalue weighted by Gasteiger charge is 2.34. The number of nitro groups is 1. The second-order valence-corrected chi connectivity index (χ2v) is 4.70. The molecule has 0 aliphatic carbocycles. The van der Waals surface area contributed by atoms with Gasteiger partial charge in [-0.25, -0.2) is 4.98 Å². The van der Waals surface area contributed by atoms with Crippen LogP contribution in [0.2, 0.25) is 5.15 Å². The van der Waals surface area contributed by atoms with E-state index in [2.05, 4.69) is 15.0 Å². The average Bonchev–Trinajstić information content (AvgIpc) is 2.47. The first kappa shape index (κ1) is 17.5. The molecule has 2 rings (SSSR count). The molecule has 0 unspecified atom stereocenters. The topological polar surface area (TPSA) is 94.4 Å². The molecule has 7 nitrogen and oxygen atoms in total. The Bertz CT molecular complexity index is 781. The lowest BCUT2D eigenvalue weighted by Gasteiger charge is -2.10. The van der Waals surface area contributed by atoms with E-state index >= 15 is 0 Å². The first-order valence-electron chi connectivity index (χ1n) is 6.13. The van der Waals surface area contributed by atoms with E-state index in [0.717, 1.165) is 18.2 Å². The number of aromatic nitrogens is 1. The number of pyridine rings is 1. The first-order valence-corrected chi connectivity index (χ1v) is 6.50. The van der Waals surface area contributed by atoms with Crippen molar-refractivity contribution in [2.24, 2.45) is 0 Å². The monoisotopic (exact) mass is 361 g/mol. The minimum atomic E-state index is -5.08. The number of nitro benzene ring substituents is 1. The van der Waals surface area contributed by atoms with Crippen molar-refractivity contribution in [1.82, 2.24) is 4.98 Å². The highest BCUT2D eigenvalue weighted by molar-refractivity contribution is 6.29. The van der Waals surface area contributed by atoms with Crippen molar-refractivity contribution in [1.29, 1.82) is 0 Å². The minimum Gasteiger partial charge on any atom is -0.398 e. The summed E-state index contributed by atoms with van der Waals surface area (Å²) in [5, 5.41) is 13.3. The van der Waals surface area contributed by atoms with Crippen LogP contribution in [0.15, 0.2) is 36.5 Å². The van der Waals surface area contributed by atoms with Gasteiger partial charge >= 0.3 is 12.0 Å². The van der Waals surface area contributed by atoms with Gasteiger partial charge in [-0.2, -0.15) is 0 Å². The third kappa shape index (κ3) is 4.56. The third-order valence-electron chi connectivity index (χ3n) is 2.63. The Kier molecular flexibility index (Phi) is 4.88. The minimum absolute atomic E-state index is 0.0869. The summed E-state index contributed by atoms with van der Waals surface area (Å²) in [7, 11) is 0. The van der Waals surface area contributed by atoms with E-state index in [-0.39, 0.29) is 16.4 Å². The molecule has 0 aliphatic rings. The average molecular weight is 362 g/mol. The van der Waals surface area contributed by atoms with Gasteiger partial charge < -0.3 is 10.1 Å². The molecule has 1 heterocycles. The molecule has 0 saturated carbocycles. The van der Waals surface area contributed by atoms with Crippen LogP contribution >= 0.6 is 11.6 Å². The number of anilines is 1. The Morgan fingerprint density at radius 1 is 1.29 bits per heavy atom. The van der Waals surface area contributed by atoms with Crippen molar-refractivity contribution in [3.63, 3.8) is 0 Å². The van der Waals surface area contributed by atoms with E-state index in [1.807, 2.05) is 0 Å². The third-order valence-corrected chi connectivity index (χ3v) is 2.85. The van der Waals surface area contributed by atoms with Crippen molar-refractivity contribution >= 4 is 28.9 Å². The summed E-state index contributed by atoms with van der Waals surface area (Å²) in [6.07, 6.45) is -3.91. The van der Waals surface area contributed by atoms with Crippen LogP contribution in [0.3, 0.4) is 0 Å². The fraction of sp³-hybridized carbons (Fsp3) is 0.0769. The second kappa shape index (κ2) is 6.71. The molecule has 24 heavy (non-hydrogen) atoms. The van der Waals surface area contributed by atoms with Gasteiger partial charge in [0.15, 0.2) is 0 Å². The predicted octanol–water partition coefficient (Wildman–Crippen LogP) is 3.79. The van der Waals surface area contributed by atoms with Crippen molar-refractivity contribution < 1.29 is 27.6 Å². The normalized spacial score (nSPS) is 11.0. The number of ether oxygens (including phenoxy) is 1. The summed E-state index contributed by atoms with van der Waals surface area (Å²) in [6.45, 7) is 0. The second-order valence-electron chi connectivity index (χ2n) is 4.31. The molecule has 0 fully saturated rings. The number of alkyl halides is 3. The number of nitrogens with one attached hydrogen (secondary N) is 1. The zero-order chi connectivity index (χ0) is 17.9. The van der Waals surface area contributed by atoms with Crippen molar-refractivity contribution in [2.75, 3.05) is 5.32 Å². The van der Waals surface area contributed by atoms with Gasteiger partial charge in [-0.3, -0.25) is 14.9 Å². The van der Waals surface area contributed by atoms with Crippen molar-refractivity contribution in [3.05, 3.63) is 57.4 Å². The molecule has 0 spiro atoms. The van der Waals surface area contributed by atoms with Crippen LogP contribution in [0.1, 0.15) is 10.4 Å².